The minimum Gasteiger partial charge on any atom is -0.507 e. The van der Waals surface area contributed by atoms with E-state index in [4.69, 9.17) is 4.74 Å². The highest BCUT2D eigenvalue weighted by atomic mass is 16.5. The van der Waals surface area contributed by atoms with Gasteiger partial charge in [-0.3, -0.25) is 0 Å². The molecule has 150 valence electrons. The molecule has 31 heavy (non-hydrogen) atoms. The smallest absolute Gasteiger partial charge is 0.140 e. The molecule has 0 aliphatic carbocycles. The van der Waals surface area contributed by atoms with E-state index in [9.17, 15) is 10.2 Å². The maximum atomic E-state index is 10.9. The van der Waals surface area contributed by atoms with Gasteiger partial charge in [-0.2, -0.15) is 0 Å². The molecule has 0 radical (unpaired) electrons. The minimum atomic E-state index is -0.632. The van der Waals surface area contributed by atoms with Crippen LogP contribution in [0.25, 0.3) is 21.5 Å². The van der Waals surface area contributed by atoms with Crippen LogP contribution in [0.3, 0.4) is 0 Å². The van der Waals surface area contributed by atoms with Gasteiger partial charge in [0.15, 0.2) is 0 Å². The summed E-state index contributed by atoms with van der Waals surface area (Å²) >= 11 is 0. The largest absolute Gasteiger partial charge is 0.507 e. The Hall–Kier alpha value is -3.98. The van der Waals surface area contributed by atoms with E-state index in [1.54, 1.807) is 12.1 Å². The molecule has 3 heteroatoms. The number of ether oxygens (including phenoxy) is 1. The lowest BCUT2D eigenvalue weighted by Crippen LogP contribution is -2.29. The Morgan fingerprint density at radius 3 is 1.48 bits per heavy atom. The summed E-state index contributed by atoms with van der Waals surface area (Å²) in [5.74, 6) is 1.91. The quantitative estimate of drug-likeness (QED) is 0.321. The van der Waals surface area contributed by atoms with Gasteiger partial charge in [-0.1, -0.05) is 78.9 Å². The molecule has 5 aromatic carbocycles. The zero-order chi connectivity index (χ0) is 21.2. The van der Waals surface area contributed by atoms with E-state index in [0.29, 0.717) is 0 Å². The fourth-order valence-electron chi connectivity index (χ4n) is 4.95. The molecule has 1 aliphatic heterocycles. The van der Waals surface area contributed by atoms with E-state index in [-0.39, 0.29) is 11.5 Å². The Morgan fingerprint density at radius 2 is 1.00 bits per heavy atom. The van der Waals surface area contributed by atoms with E-state index in [1.165, 1.54) is 0 Å². The second-order valence-corrected chi connectivity index (χ2v) is 8.23. The molecular weight excluding hydrogens is 384 g/mol. The molecule has 5 aromatic rings. The standard InChI is InChI=1S/C28H20O3/c1-28(17-9-3-2-4-10-17)22-15-24(29)18-11-5-7-13-20(18)26(22)31-27-21-14-8-6-12-19(21)25(30)16-23(27)28/h2-16,29-30H,1H3. The molecule has 0 unspecified atom stereocenters. The van der Waals surface area contributed by atoms with Crippen molar-refractivity contribution in [3.8, 4) is 23.0 Å². The molecule has 0 bridgehead atoms. The third kappa shape index (κ3) is 2.34. The second kappa shape index (κ2) is 6.26. The summed E-state index contributed by atoms with van der Waals surface area (Å²) in [6.45, 7) is 2.13. The zero-order valence-corrected chi connectivity index (χ0v) is 17.0. The Labute approximate surface area is 179 Å². The van der Waals surface area contributed by atoms with E-state index < -0.39 is 5.41 Å². The average molecular weight is 404 g/mol. The molecule has 0 atom stereocenters. The summed E-state index contributed by atoms with van der Waals surface area (Å²) in [6.07, 6.45) is 0. The summed E-state index contributed by atoms with van der Waals surface area (Å²) in [5, 5.41) is 25.0. The Kier molecular flexibility index (Phi) is 3.60. The van der Waals surface area contributed by atoms with Gasteiger partial charge in [0.2, 0.25) is 0 Å². The number of fused-ring (bicyclic) bond motifs is 6. The summed E-state index contributed by atoms with van der Waals surface area (Å²) in [7, 11) is 0. The van der Waals surface area contributed by atoms with Crippen molar-refractivity contribution >= 4 is 21.5 Å². The van der Waals surface area contributed by atoms with Crippen molar-refractivity contribution in [2.24, 2.45) is 0 Å². The van der Waals surface area contributed by atoms with Gasteiger partial charge in [-0.05, 0) is 24.6 Å². The molecule has 2 N–H and O–H groups in total. The number of phenols is 2. The molecule has 1 heterocycles. The number of hydrogen-bond donors (Lipinski definition) is 2. The molecule has 0 aromatic heterocycles. The Bertz CT molecular complexity index is 1390. The van der Waals surface area contributed by atoms with Crippen molar-refractivity contribution in [3.05, 3.63) is 108 Å². The first-order valence-electron chi connectivity index (χ1n) is 10.3. The summed E-state index contributed by atoms with van der Waals surface area (Å²) in [6, 6.07) is 29.3. The van der Waals surface area contributed by atoms with E-state index in [0.717, 1.165) is 49.7 Å². The number of aromatic hydroxyl groups is 2. The normalized spacial score (nSPS) is 14.1. The van der Waals surface area contributed by atoms with Crippen molar-refractivity contribution in [3.63, 3.8) is 0 Å². The van der Waals surface area contributed by atoms with Crippen LogP contribution >= 0.6 is 0 Å². The van der Waals surface area contributed by atoms with Gasteiger partial charge in [0.25, 0.3) is 0 Å². The fraction of sp³-hybridized carbons (Fsp3) is 0.0714. The Balaban J connectivity index is 1.81. The number of phenolic OH excluding ortho intramolecular Hbond substituents is 2. The van der Waals surface area contributed by atoms with Gasteiger partial charge in [0.1, 0.15) is 23.0 Å². The van der Waals surface area contributed by atoms with Gasteiger partial charge >= 0.3 is 0 Å². The second-order valence-electron chi connectivity index (χ2n) is 8.23. The topological polar surface area (TPSA) is 49.7 Å². The maximum Gasteiger partial charge on any atom is 0.140 e. The van der Waals surface area contributed by atoms with Crippen molar-refractivity contribution in [1.82, 2.24) is 0 Å². The summed E-state index contributed by atoms with van der Waals surface area (Å²) in [4.78, 5) is 0. The molecule has 1 aliphatic rings. The summed E-state index contributed by atoms with van der Waals surface area (Å²) < 4.78 is 6.61. The van der Waals surface area contributed by atoms with Crippen LogP contribution < -0.4 is 4.74 Å². The predicted molar refractivity (Wildman–Crippen MR) is 123 cm³/mol. The summed E-state index contributed by atoms with van der Waals surface area (Å²) in [5.41, 5.74) is 2.17. The molecule has 0 fully saturated rings. The average Bonchev–Trinajstić information content (AvgIpc) is 2.82. The van der Waals surface area contributed by atoms with Crippen LogP contribution in [-0.4, -0.2) is 10.2 Å². The first-order valence-corrected chi connectivity index (χ1v) is 10.3. The molecule has 0 saturated heterocycles. The van der Waals surface area contributed by atoms with E-state index >= 15 is 0 Å². The monoisotopic (exact) mass is 404 g/mol. The van der Waals surface area contributed by atoms with Crippen molar-refractivity contribution in [1.29, 1.82) is 0 Å². The predicted octanol–water partition coefficient (Wildman–Crippen LogP) is 6.86. The molecule has 3 nitrogen and oxygen atoms in total. The SMILES string of the molecule is CC1(c2ccccc2)c2cc(O)c3ccccc3c2Oc2c1cc(O)c1ccccc21. The van der Waals surface area contributed by atoms with Gasteiger partial charge < -0.3 is 14.9 Å². The van der Waals surface area contributed by atoms with Gasteiger partial charge in [-0.25, -0.2) is 0 Å². The first-order chi connectivity index (χ1) is 15.1. The molecule has 6 rings (SSSR count). The van der Waals surface area contributed by atoms with Crippen molar-refractivity contribution in [2.75, 3.05) is 0 Å². The zero-order valence-electron chi connectivity index (χ0n) is 17.0. The third-order valence-corrected chi connectivity index (χ3v) is 6.58. The van der Waals surface area contributed by atoms with Crippen LogP contribution in [0.4, 0.5) is 0 Å². The van der Waals surface area contributed by atoms with Crippen LogP contribution in [0.15, 0.2) is 91.0 Å². The molecular formula is C28H20O3. The minimum absolute atomic E-state index is 0.216. The highest BCUT2D eigenvalue weighted by molar-refractivity contribution is 6.00. The van der Waals surface area contributed by atoms with Crippen LogP contribution in [0.5, 0.6) is 23.0 Å². The molecule has 0 amide bonds. The molecule has 0 saturated carbocycles. The number of benzene rings is 5. The van der Waals surface area contributed by atoms with Crippen LogP contribution in [0.1, 0.15) is 23.6 Å². The maximum absolute atomic E-state index is 10.9. The van der Waals surface area contributed by atoms with Crippen LogP contribution in [0, 0.1) is 0 Å². The van der Waals surface area contributed by atoms with Gasteiger partial charge in [0, 0.05) is 38.1 Å². The number of hydrogen-bond acceptors (Lipinski definition) is 3. The lowest BCUT2D eigenvalue weighted by molar-refractivity contribution is 0.426. The van der Waals surface area contributed by atoms with Crippen LogP contribution in [0.2, 0.25) is 0 Å². The lowest BCUT2D eigenvalue weighted by atomic mass is 9.68. The highest BCUT2D eigenvalue weighted by Crippen LogP contribution is 2.57. The van der Waals surface area contributed by atoms with Crippen molar-refractivity contribution in [2.45, 2.75) is 12.3 Å². The number of rotatable bonds is 1. The van der Waals surface area contributed by atoms with Crippen LogP contribution in [-0.2, 0) is 5.41 Å². The van der Waals surface area contributed by atoms with E-state index in [2.05, 4.69) is 19.1 Å². The lowest BCUT2D eigenvalue weighted by Gasteiger charge is -2.39. The third-order valence-electron chi connectivity index (χ3n) is 6.58. The van der Waals surface area contributed by atoms with Gasteiger partial charge in [0.05, 0.1) is 0 Å². The Morgan fingerprint density at radius 1 is 0.581 bits per heavy atom. The van der Waals surface area contributed by atoms with Gasteiger partial charge in [-0.15, -0.1) is 0 Å². The fourth-order valence-corrected chi connectivity index (χ4v) is 4.95. The van der Waals surface area contributed by atoms with E-state index in [1.807, 2.05) is 66.7 Å². The van der Waals surface area contributed by atoms with Crippen molar-refractivity contribution < 1.29 is 14.9 Å². The molecule has 0 spiro atoms. The highest BCUT2D eigenvalue weighted by Gasteiger charge is 2.42. The first kappa shape index (κ1) is 17.8.